The van der Waals surface area contributed by atoms with Crippen LogP contribution in [0.1, 0.15) is 5.56 Å². The van der Waals surface area contributed by atoms with E-state index in [-0.39, 0.29) is 0 Å². The fourth-order valence-corrected chi connectivity index (χ4v) is 7.69. The van der Waals surface area contributed by atoms with Gasteiger partial charge in [0, 0.05) is 32.9 Å². The van der Waals surface area contributed by atoms with E-state index < -0.39 is 0 Å². The Bertz CT molecular complexity index is 2950. The van der Waals surface area contributed by atoms with Crippen molar-refractivity contribution in [3.8, 4) is 28.6 Å². The van der Waals surface area contributed by atoms with Crippen LogP contribution in [0.25, 0.3) is 87.7 Å². The molecule has 3 nitrogen and oxygen atoms in total. The molecule has 0 amide bonds. The average molecular weight is 610 g/mol. The minimum atomic E-state index is 0.677. The molecule has 0 N–H and O–H groups in total. The summed E-state index contributed by atoms with van der Waals surface area (Å²) in [6, 6.07) is 61.0. The summed E-state index contributed by atoms with van der Waals surface area (Å²) < 4.78 is 4.77. The van der Waals surface area contributed by atoms with Crippen molar-refractivity contribution in [3.63, 3.8) is 0 Å². The molecule has 3 heteroatoms. The second-order valence-electron chi connectivity index (χ2n) is 12.5. The Morgan fingerprint density at radius 3 is 1.56 bits per heavy atom. The van der Waals surface area contributed by atoms with Gasteiger partial charge in [-0.1, -0.05) is 103 Å². The van der Waals surface area contributed by atoms with E-state index in [1.807, 2.05) is 18.2 Å². The van der Waals surface area contributed by atoms with Gasteiger partial charge in [0.25, 0.3) is 0 Å². The first-order valence-electron chi connectivity index (χ1n) is 16.2. The molecule has 2 heterocycles. The Kier molecular flexibility index (Phi) is 5.64. The number of hydrogen-bond donors (Lipinski definition) is 0. The highest BCUT2D eigenvalue weighted by Crippen LogP contribution is 2.39. The second-order valence-corrected chi connectivity index (χ2v) is 12.5. The molecule has 0 aliphatic carbocycles. The van der Waals surface area contributed by atoms with E-state index in [9.17, 15) is 5.26 Å². The summed E-state index contributed by atoms with van der Waals surface area (Å²) in [5.74, 6) is 0. The first-order chi connectivity index (χ1) is 23.7. The maximum Gasteiger partial charge on any atom is 0.0991 e. The fraction of sp³-hybridized carbons (Fsp3) is 0. The smallest absolute Gasteiger partial charge is 0.0991 e. The van der Waals surface area contributed by atoms with E-state index in [2.05, 4.69) is 161 Å². The summed E-state index contributed by atoms with van der Waals surface area (Å²) in [6.45, 7) is 0. The van der Waals surface area contributed by atoms with Crippen molar-refractivity contribution in [3.05, 3.63) is 169 Å². The SMILES string of the molecule is N#Cc1ccc2ccc3cc(-n4c5ccccc5c5ccc(-c6ccc7c8ccccc8n(-c8ccccc8)c7c6)cc54)ccc3c2c1. The average Bonchev–Trinajstić information content (AvgIpc) is 3.66. The van der Waals surface area contributed by atoms with Crippen molar-refractivity contribution in [1.82, 2.24) is 9.13 Å². The van der Waals surface area contributed by atoms with E-state index in [4.69, 9.17) is 0 Å². The van der Waals surface area contributed by atoms with E-state index in [1.165, 1.54) is 54.7 Å². The minimum Gasteiger partial charge on any atom is -0.309 e. The van der Waals surface area contributed by atoms with Crippen molar-refractivity contribution < 1.29 is 0 Å². The number of para-hydroxylation sites is 3. The van der Waals surface area contributed by atoms with Gasteiger partial charge in [-0.3, -0.25) is 0 Å². The number of aromatic nitrogens is 2. The molecule has 222 valence electrons. The monoisotopic (exact) mass is 609 g/mol. The van der Waals surface area contributed by atoms with Crippen LogP contribution in [0.15, 0.2) is 164 Å². The van der Waals surface area contributed by atoms with Crippen molar-refractivity contribution in [1.29, 1.82) is 5.26 Å². The Morgan fingerprint density at radius 1 is 0.354 bits per heavy atom. The van der Waals surface area contributed by atoms with Crippen LogP contribution in [0.3, 0.4) is 0 Å². The Hall–Kier alpha value is -6.63. The third-order valence-electron chi connectivity index (χ3n) is 9.90. The van der Waals surface area contributed by atoms with E-state index in [1.54, 1.807) is 0 Å². The maximum atomic E-state index is 9.54. The fourth-order valence-electron chi connectivity index (χ4n) is 7.69. The first kappa shape index (κ1) is 26.6. The van der Waals surface area contributed by atoms with Crippen molar-refractivity contribution in [2.75, 3.05) is 0 Å². The molecule has 0 unspecified atom stereocenters. The van der Waals surface area contributed by atoms with Gasteiger partial charge in [0.2, 0.25) is 0 Å². The van der Waals surface area contributed by atoms with Crippen LogP contribution in [0, 0.1) is 11.3 Å². The zero-order valence-electron chi connectivity index (χ0n) is 25.9. The van der Waals surface area contributed by atoms with Crippen molar-refractivity contribution in [2.24, 2.45) is 0 Å². The summed E-state index contributed by atoms with van der Waals surface area (Å²) in [5.41, 5.74) is 10.1. The van der Waals surface area contributed by atoms with Gasteiger partial charge in [-0.15, -0.1) is 0 Å². The molecule has 10 aromatic rings. The maximum absolute atomic E-state index is 9.54. The Balaban J connectivity index is 1.20. The standard InChI is InChI=1S/C45H27N3/c46-28-29-14-15-30-16-17-33-25-35(20-23-36(33)41(30)24-29)48-43-13-7-5-11-38(43)40-22-19-32(27-45(40)48)31-18-21-39-37-10-4-6-12-42(37)47(44(39)26-31)34-8-2-1-3-9-34/h1-27H. The molecule has 48 heavy (non-hydrogen) atoms. The molecule has 0 atom stereocenters. The van der Waals surface area contributed by atoms with Gasteiger partial charge in [-0.05, 0) is 93.3 Å². The number of nitrogens with zero attached hydrogens (tertiary/aromatic N) is 3. The van der Waals surface area contributed by atoms with E-state index in [0.29, 0.717) is 5.56 Å². The predicted octanol–water partition coefficient (Wildman–Crippen LogP) is 11.7. The first-order valence-corrected chi connectivity index (χ1v) is 16.2. The highest BCUT2D eigenvalue weighted by atomic mass is 15.0. The van der Waals surface area contributed by atoms with Gasteiger partial charge in [0.05, 0.1) is 33.7 Å². The highest BCUT2D eigenvalue weighted by Gasteiger charge is 2.16. The molecule has 2 aromatic heterocycles. The lowest BCUT2D eigenvalue weighted by atomic mass is 9.99. The van der Waals surface area contributed by atoms with Crippen LogP contribution in [0.2, 0.25) is 0 Å². The van der Waals surface area contributed by atoms with Gasteiger partial charge >= 0.3 is 0 Å². The van der Waals surface area contributed by atoms with Gasteiger partial charge in [0.1, 0.15) is 0 Å². The third kappa shape index (κ3) is 3.87. The quantitative estimate of drug-likeness (QED) is 0.183. The van der Waals surface area contributed by atoms with Crippen LogP contribution in [-0.4, -0.2) is 9.13 Å². The molecule has 8 aromatic carbocycles. The van der Waals surface area contributed by atoms with Crippen LogP contribution in [-0.2, 0) is 0 Å². The summed E-state index contributed by atoms with van der Waals surface area (Å²) in [7, 11) is 0. The largest absolute Gasteiger partial charge is 0.309 e. The molecule has 0 spiro atoms. The molecule has 0 radical (unpaired) electrons. The third-order valence-corrected chi connectivity index (χ3v) is 9.90. The second kappa shape index (κ2) is 10.2. The Morgan fingerprint density at radius 2 is 0.896 bits per heavy atom. The van der Waals surface area contributed by atoms with Crippen LogP contribution in [0.5, 0.6) is 0 Å². The molecule has 10 rings (SSSR count). The number of fused-ring (bicyclic) bond motifs is 9. The summed E-state index contributed by atoms with van der Waals surface area (Å²) in [4.78, 5) is 0. The molecule has 0 aliphatic rings. The van der Waals surface area contributed by atoms with Crippen molar-refractivity contribution in [2.45, 2.75) is 0 Å². The molecule has 0 fully saturated rings. The lowest BCUT2D eigenvalue weighted by Crippen LogP contribution is -1.95. The predicted molar refractivity (Wildman–Crippen MR) is 200 cm³/mol. The van der Waals surface area contributed by atoms with Crippen molar-refractivity contribution >= 4 is 65.2 Å². The van der Waals surface area contributed by atoms with Gasteiger partial charge < -0.3 is 9.13 Å². The summed E-state index contributed by atoms with van der Waals surface area (Å²) in [6.07, 6.45) is 0. The lowest BCUT2D eigenvalue weighted by Gasteiger charge is -2.12. The zero-order chi connectivity index (χ0) is 31.8. The van der Waals surface area contributed by atoms with Crippen LogP contribution < -0.4 is 0 Å². The molecular weight excluding hydrogens is 583 g/mol. The number of hydrogen-bond acceptors (Lipinski definition) is 1. The van der Waals surface area contributed by atoms with E-state index >= 15 is 0 Å². The summed E-state index contributed by atoms with van der Waals surface area (Å²) in [5, 5.41) is 19.0. The van der Waals surface area contributed by atoms with Gasteiger partial charge in [-0.2, -0.15) is 5.26 Å². The molecule has 0 aliphatic heterocycles. The lowest BCUT2D eigenvalue weighted by molar-refractivity contribution is 1.18. The molecule has 0 saturated carbocycles. The normalized spacial score (nSPS) is 11.7. The molecule has 0 saturated heterocycles. The number of nitriles is 1. The van der Waals surface area contributed by atoms with E-state index in [0.717, 1.165) is 32.9 Å². The number of benzene rings is 8. The van der Waals surface area contributed by atoms with Crippen LogP contribution in [0.4, 0.5) is 0 Å². The van der Waals surface area contributed by atoms with Gasteiger partial charge in [0.15, 0.2) is 0 Å². The van der Waals surface area contributed by atoms with Crippen LogP contribution >= 0.6 is 0 Å². The molecule has 0 bridgehead atoms. The Labute approximate surface area is 276 Å². The zero-order valence-corrected chi connectivity index (χ0v) is 25.9. The number of rotatable bonds is 3. The summed E-state index contributed by atoms with van der Waals surface area (Å²) >= 11 is 0. The topological polar surface area (TPSA) is 33.6 Å². The highest BCUT2D eigenvalue weighted by molar-refractivity contribution is 6.13. The molecular formula is C45H27N3. The van der Waals surface area contributed by atoms with Gasteiger partial charge in [-0.25, -0.2) is 0 Å². The minimum absolute atomic E-state index is 0.677.